The maximum Gasteiger partial charge on any atom is 0.321 e. The van der Waals surface area contributed by atoms with Crippen LogP contribution in [0.3, 0.4) is 0 Å². The summed E-state index contributed by atoms with van der Waals surface area (Å²) in [4.78, 5) is 34.0. The molecule has 0 saturated heterocycles. The minimum Gasteiger partial charge on any atom is -0.341 e. The van der Waals surface area contributed by atoms with Gasteiger partial charge in [0.15, 0.2) is 0 Å². The summed E-state index contributed by atoms with van der Waals surface area (Å²) in [6, 6.07) is 6.40. The molecule has 0 saturated carbocycles. The summed E-state index contributed by atoms with van der Waals surface area (Å²) >= 11 is 1.28. The summed E-state index contributed by atoms with van der Waals surface area (Å²) in [5.74, 6) is -0.379. The molecule has 0 aliphatic heterocycles. The summed E-state index contributed by atoms with van der Waals surface area (Å²) in [5.41, 5.74) is 0.555. The summed E-state index contributed by atoms with van der Waals surface area (Å²) < 4.78 is 0. The number of aldehydes is 1. The first-order chi connectivity index (χ1) is 8.56. The molecule has 1 aromatic carbocycles. The van der Waals surface area contributed by atoms with E-state index in [4.69, 9.17) is 0 Å². The van der Waals surface area contributed by atoms with Gasteiger partial charge in [-0.25, -0.2) is 4.79 Å². The third-order valence-corrected chi connectivity index (χ3v) is 3.23. The average molecular weight is 266 g/mol. The van der Waals surface area contributed by atoms with Crippen LogP contribution in [-0.4, -0.2) is 30.5 Å². The molecule has 96 valence electrons. The predicted octanol–water partition coefficient (Wildman–Crippen LogP) is 1.44. The molecular formula is C12H14N2O3S. The van der Waals surface area contributed by atoms with Gasteiger partial charge in [0.05, 0.1) is 5.25 Å². The van der Waals surface area contributed by atoms with Crippen molar-refractivity contribution in [3.05, 3.63) is 29.8 Å². The normalized spacial score (nSPS) is 11.4. The third kappa shape index (κ3) is 4.21. The zero-order valence-corrected chi connectivity index (χ0v) is 10.9. The minimum atomic E-state index is -0.533. The second kappa shape index (κ2) is 6.80. The quantitative estimate of drug-likeness (QED) is 0.638. The topological polar surface area (TPSA) is 75.3 Å². The highest BCUT2D eigenvalue weighted by molar-refractivity contribution is 8.00. The van der Waals surface area contributed by atoms with Crippen LogP contribution in [0.25, 0.3) is 0 Å². The van der Waals surface area contributed by atoms with E-state index < -0.39 is 11.3 Å². The van der Waals surface area contributed by atoms with E-state index in [-0.39, 0.29) is 5.91 Å². The van der Waals surface area contributed by atoms with Gasteiger partial charge >= 0.3 is 6.03 Å². The molecule has 0 aromatic heterocycles. The molecule has 0 aliphatic rings. The number of hydrogen-bond donors (Lipinski definition) is 2. The van der Waals surface area contributed by atoms with Gasteiger partial charge in [0.1, 0.15) is 6.29 Å². The van der Waals surface area contributed by atoms with Crippen molar-refractivity contribution in [3.63, 3.8) is 0 Å². The number of urea groups is 1. The van der Waals surface area contributed by atoms with Crippen molar-refractivity contribution in [2.75, 3.05) is 7.05 Å². The number of carbonyl (C=O) groups is 3. The number of thioether (sulfide) groups is 1. The van der Waals surface area contributed by atoms with Gasteiger partial charge < -0.3 is 5.32 Å². The molecule has 2 N–H and O–H groups in total. The summed E-state index contributed by atoms with van der Waals surface area (Å²) in [5, 5.41) is 4.08. The first-order valence-corrected chi connectivity index (χ1v) is 6.19. The second-order valence-corrected chi connectivity index (χ2v) is 4.93. The first-order valence-electron chi connectivity index (χ1n) is 5.31. The summed E-state index contributed by atoms with van der Waals surface area (Å²) in [6.45, 7) is 1.69. The van der Waals surface area contributed by atoms with E-state index in [1.54, 1.807) is 31.2 Å². The van der Waals surface area contributed by atoms with E-state index in [9.17, 15) is 14.4 Å². The van der Waals surface area contributed by atoms with Crippen molar-refractivity contribution in [1.82, 2.24) is 10.6 Å². The average Bonchev–Trinajstić information content (AvgIpc) is 2.38. The molecule has 0 spiro atoms. The number of amides is 3. The van der Waals surface area contributed by atoms with Crippen LogP contribution in [0.1, 0.15) is 17.3 Å². The van der Waals surface area contributed by atoms with E-state index in [1.165, 1.54) is 18.8 Å². The Labute approximate surface area is 109 Å². The Bertz CT molecular complexity index is 462. The number of rotatable bonds is 4. The van der Waals surface area contributed by atoms with E-state index in [1.807, 2.05) is 0 Å². The van der Waals surface area contributed by atoms with Crippen LogP contribution in [0.4, 0.5) is 4.79 Å². The zero-order chi connectivity index (χ0) is 13.5. The Balaban J connectivity index is 2.63. The molecule has 3 amide bonds. The number of carbonyl (C=O) groups excluding carboxylic acids is 3. The van der Waals surface area contributed by atoms with Crippen molar-refractivity contribution in [2.45, 2.75) is 17.1 Å². The van der Waals surface area contributed by atoms with Crippen LogP contribution in [0.15, 0.2) is 29.2 Å². The lowest BCUT2D eigenvalue weighted by Crippen LogP contribution is -2.41. The molecule has 18 heavy (non-hydrogen) atoms. The van der Waals surface area contributed by atoms with Gasteiger partial charge in [0, 0.05) is 17.5 Å². The van der Waals surface area contributed by atoms with E-state index >= 15 is 0 Å². The molecule has 1 rings (SSSR count). The fourth-order valence-electron chi connectivity index (χ4n) is 1.19. The highest BCUT2D eigenvalue weighted by atomic mass is 32.2. The Morgan fingerprint density at radius 2 is 2.11 bits per heavy atom. The zero-order valence-electron chi connectivity index (χ0n) is 10.1. The van der Waals surface area contributed by atoms with Crippen LogP contribution >= 0.6 is 11.8 Å². The lowest BCUT2D eigenvalue weighted by Gasteiger charge is -2.11. The molecular weight excluding hydrogens is 252 g/mol. The van der Waals surface area contributed by atoms with Gasteiger partial charge in [-0.1, -0.05) is 12.1 Å². The Kier molecular flexibility index (Phi) is 5.38. The van der Waals surface area contributed by atoms with Gasteiger partial charge in [-0.3, -0.25) is 14.9 Å². The molecule has 6 heteroatoms. The highest BCUT2D eigenvalue weighted by Gasteiger charge is 2.16. The van der Waals surface area contributed by atoms with Crippen LogP contribution in [0.5, 0.6) is 0 Å². The lowest BCUT2D eigenvalue weighted by atomic mass is 10.2. The maximum absolute atomic E-state index is 11.6. The standard InChI is InChI=1S/C12H14N2O3S/c1-8(11(16)14-12(17)13-2)18-10-5-3-4-9(6-10)7-15/h3-8H,1-2H3,(H2,13,14,16,17). The second-order valence-electron chi connectivity index (χ2n) is 3.52. The molecule has 0 aliphatic carbocycles. The maximum atomic E-state index is 11.6. The molecule has 0 radical (unpaired) electrons. The molecule has 0 bridgehead atoms. The van der Waals surface area contributed by atoms with Crippen molar-refractivity contribution in [1.29, 1.82) is 0 Å². The van der Waals surface area contributed by atoms with Crippen molar-refractivity contribution in [3.8, 4) is 0 Å². The van der Waals surface area contributed by atoms with Crippen molar-refractivity contribution < 1.29 is 14.4 Å². The van der Waals surface area contributed by atoms with E-state index in [0.717, 1.165) is 11.2 Å². The summed E-state index contributed by atoms with van der Waals surface area (Å²) in [7, 11) is 1.44. The van der Waals surface area contributed by atoms with Gasteiger partial charge in [0.2, 0.25) is 5.91 Å². The largest absolute Gasteiger partial charge is 0.341 e. The van der Waals surface area contributed by atoms with Crippen LogP contribution in [-0.2, 0) is 4.79 Å². The Hall–Kier alpha value is -1.82. The number of nitrogens with one attached hydrogen (secondary N) is 2. The molecule has 5 nitrogen and oxygen atoms in total. The highest BCUT2D eigenvalue weighted by Crippen LogP contribution is 2.23. The number of benzene rings is 1. The van der Waals surface area contributed by atoms with Gasteiger partial charge in [0.25, 0.3) is 0 Å². The SMILES string of the molecule is CNC(=O)NC(=O)C(C)Sc1cccc(C=O)c1. The molecule has 1 aromatic rings. The van der Waals surface area contributed by atoms with Gasteiger partial charge in [-0.2, -0.15) is 0 Å². The van der Waals surface area contributed by atoms with E-state index in [2.05, 4.69) is 10.6 Å². The molecule has 1 unspecified atom stereocenters. The molecule has 0 fully saturated rings. The predicted molar refractivity (Wildman–Crippen MR) is 69.7 cm³/mol. The first kappa shape index (κ1) is 14.2. The fraction of sp³-hybridized carbons (Fsp3) is 0.250. The molecule has 1 atom stereocenters. The smallest absolute Gasteiger partial charge is 0.321 e. The van der Waals surface area contributed by atoms with Crippen LogP contribution in [0.2, 0.25) is 0 Å². The van der Waals surface area contributed by atoms with Crippen LogP contribution < -0.4 is 10.6 Å². The Morgan fingerprint density at radius 3 is 2.72 bits per heavy atom. The Morgan fingerprint density at radius 1 is 1.39 bits per heavy atom. The number of imide groups is 1. The monoisotopic (exact) mass is 266 g/mol. The van der Waals surface area contributed by atoms with Gasteiger partial charge in [-0.15, -0.1) is 11.8 Å². The lowest BCUT2D eigenvalue weighted by molar-refractivity contribution is -0.119. The van der Waals surface area contributed by atoms with E-state index in [0.29, 0.717) is 5.56 Å². The third-order valence-electron chi connectivity index (χ3n) is 2.14. The van der Waals surface area contributed by atoms with Gasteiger partial charge in [-0.05, 0) is 19.1 Å². The minimum absolute atomic E-state index is 0.379. The fourth-order valence-corrected chi connectivity index (χ4v) is 2.13. The van der Waals surface area contributed by atoms with Crippen molar-refractivity contribution >= 4 is 30.0 Å². The molecule has 0 heterocycles. The van der Waals surface area contributed by atoms with Crippen molar-refractivity contribution in [2.24, 2.45) is 0 Å². The number of hydrogen-bond acceptors (Lipinski definition) is 4. The summed E-state index contributed by atoms with van der Waals surface area (Å²) in [6.07, 6.45) is 0.749. The van der Waals surface area contributed by atoms with Crippen LogP contribution in [0, 0.1) is 0 Å².